The first-order valence-corrected chi connectivity index (χ1v) is 8.13. The first-order valence-electron chi connectivity index (χ1n) is 6.65. The van der Waals surface area contributed by atoms with Crippen LogP contribution >= 0.6 is 0 Å². The lowest BCUT2D eigenvalue weighted by molar-refractivity contribution is 0.588. The second-order valence-corrected chi connectivity index (χ2v) is 6.36. The summed E-state index contributed by atoms with van der Waals surface area (Å²) >= 11 is 0. The molecule has 0 aromatic heterocycles. The molecule has 0 atom stereocenters. The number of rotatable bonds is 5. The molecule has 2 rings (SSSR count). The van der Waals surface area contributed by atoms with Gasteiger partial charge in [-0.25, -0.2) is 13.1 Å². The summed E-state index contributed by atoms with van der Waals surface area (Å²) in [4.78, 5) is 2.16. The maximum atomic E-state index is 11.8. The molecule has 2 aromatic carbocycles. The number of benzene rings is 2. The minimum atomic E-state index is -3.54. The number of nitrogens with one attached hydrogen (secondary N) is 1. The Balaban J connectivity index is 2.44. The van der Waals surface area contributed by atoms with E-state index in [0.29, 0.717) is 0 Å². The van der Waals surface area contributed by atoms with Crippen LogP contribution in [-0.2, 0) is 10.0 Å². The minimum absolute atomic E-state index is 0.0952. The predicted molar refractivity (Wildman–Crippen MR) is 86.2 cm³/mol. The molecule has 0 unspecified atom stereocenters. The molecular weight excluding hydrogens is 286 g/mol. The quantitative estimate of drug-likeness (QED) is 0.831. The molecule has 3 N–H and O–H groups in total. The van der Waals surface area contributed by atoms with E-state index in [1.54, 1.807) is 12.1 Å². The first kappa shape index (κ1) is 15.3. The van der Waals surface area contributed by atoms with Crippen molar-refractivity contribution in [3.8, 4) is 0 Å². The summed E-state index contributed by atoms with van der Waals surface area (Å²) in [5.41, 5.74) is 8.03. The summed E-state index contributed by atoms with van der Waals surface area (Å²) in [5.74, 6) is 0. The fraction of sp³-hybridized carbons (Fsp3) is 0.200. The third kappa shape index (κ3) is 3.17. The number of nitrogens with two attached hydrogens (primary N) is 1. The molecule has 2 aromatic rings. The van der Waals surface area contributed by atoms with Gasteiger partial charge >= 0.3 is 0 Å². The largest absolute Gasteiger partial charge is 0.398 e. The van der Waals surface area contributed by atoms with Crippen LogP contribution < -0.4 is 15.4 Å². The van der Waals surface area contributed by atoms with Crippen LogP contribution in [0, 0.1) is 0 Å². The number of para-hydroxylation sites is 1. The van der Waals surface area contributed by atoms with Crippen LogP contribution in [-0.4, -0.2) is 22.0 Å². The molecule has 0 saturated heterocycles. The number of hydrogen-bond acceptors (Lipinski definition) is 4. The first-order chi connectivity index (χ1) is 9.99. The minimum Gasteiger partial charge on any atom is -0.398 e. The molecule has 5 nitrogen and oxygen atoms in total. The van der Waals surface area contributed by atoms with Gasteiger partial charge in [0.05, 0.1) is 5.69 Å². The Kier molecular flexibility index (Phi) is 4.50. The van der Waals surface area contributed by atoms with Crippen LogP contribution in [0.15, 0.2) is 53.4 Å². The third-order valence-corrected chi connectivity index (χ3v) is 4.74. The number of sulfonamides is 1. The van der Waals surface area contributed by atoms with Gasteiger partial charge in [-0.1, -0.05) is 18.2 Å². The number of hydrogen-bond donors (Lipinski definition) is 2. The molecule has 21 heavy (non-hydrogen) atoms. The van der Waals surface area contributed by atoms with E-state index in [9.17, 15) is 8.42 Å². The molecule has 0 fully saturated rings. The lowest BCUT2D eigenvalue weighted by atomic mass is 10.2. The summed E-state index contributed by atoms with van der Waals surface area (Å²) in [6, 6.07) is 14.8. The van der Waals surface area contributed by atoms with Crippen molar-refractivity contribution in [1.29, 1.82) is 0 Å². The molecule has 6 heteroatoms. The van der Waals surface area contributed by atoms with Gasteiger partial charge in [-0.05, 0) is 44.3 Å². The van der Waals surface area contributed by atoms with E-state index in [-0.39, 0.29) is 10.6 Å². The summed E-state index contributed by atoms with van der Waals surface area (Å²) < 4.78 is 25.9. The normalized spacial score (nSPS) is 11.3. The highest BCUT2D eigenvalue weighted by Crippen LogP contribution is 2.29. The molecule has 0 radical (unpaired) electrons. The van der Waals surface area contributed by atoms with Gasteiger partial charge in [0.25, 0.3) is 0 Å². The van der Waals surface area contributed by atoms with Crippen molar-refractivity contribution >= 4 is 27.1 Å². The van der Waals surface area contributed by atoms with Crippen molar-refractivity contribution in [1.82, 2.24) is 4.72 Å². The number of nitrogen functional groups attached to an aromatic ring is 1. The van der Waals surface area contributed by atoms with Crippen molar-refractivity contribution in [2.24, 2.45) is 0 Å². The number of nitrogens with zero attached hydrogens (tertiary/aromatic N) is 1. The molecule has 0 heterocycles. The van der Waals surface area contributed by atoms with Gasteiger partial charge in [0.1, 0.15) is 4.90 Å². The van der Waals surface area contributed by atoms with Crippen LogP contribution in [0.3, 0.4) is 0 Å². The van der Waals surface area contributed by atoms with E-state index in [2.05, 4.69) is 9.62 Å². The molecular formula is C15H19N3O2S. The average Bonchev–Trinajstić information content (AvgIpc) is 2.49. The topological polar surface area (TPSA) is 75.4 Å². The Morgan fingerprint density at radius 1 is 1.10 bits per heavy atom. The number of anilines is 3. The zero-order chi connectivity index (χ0) is 15.5. The maximum absolute atomic E-state index is 11.8. The second kappa shape index (κ2) is 6.15. The molecule has 0 aliphatic rings. The Hall–Kier alpha value is -2.05. The van der Waals surface area contributed by atoms with Crippen molar-refractivity contribution in [2.45, 2.75) is 11.8 Å². The van der Waals surface area contributed by atoms with E-state index in [1.807, 2.05) is 37.3 Å². The van der Waals surface area contributed by atoms with E-state index in [4.69, 9.17) is 5.73 Å². The monoisotopic (exact) mass is 305 g/mol. The fourth-order valence-corrected chi connectivity index (χ4v) is 3.02. The van der Waals surface area contributed by atoms with Crippen LogP contribution in [0.2, 0.25) is 0 Å². The third-order valence-electron chi connectivity index (χ3n) is 3.25. The average molecular weight is 305 g/mol. The van der Waals surface area contributed by atoms with Gasteiger partial charge < -0.3 is 10.6 Å². The van der Waals surface area contributed by atoms with Gasteiger partial charge in [0.15, 0.2) is 0 Å². The molecule has 0 aliphatic carbocycles. The van der Waals surface area contributed by atoms with Crippen molar-refractivity contribution < 1.29 is 8.42 Å². The van der Waals surface area contributed by atoms with Gasteiger partial charge in [-0.15, -0.1) is 0 Å². The Bertz CT molecular complexity index is 715. The maximum Gasteiger partial charge on any atom is 0.242 e. The van der Waals surface area contributed by atoms with E-state index < -0.39 is 10.0 Å². The van der Waals surface area contributed by atoms with Crippen LogP contribution in [0.4, 0.5) is 17.1 Å². The van der Waals surface area contributed by atoms with Crippen molar-refractivity contribution in [2.75, 3.05) is 24.2 Å². The summed E-state index contributed by atoms with van der Waals surface area (Å²) in [5, 5.41) is 0. The van der Waals surface area contributed by atoms with E-state index >= 15 is 0 Å². The van der Waals surface area contributed by atoms with Gasteiger partial charge in [-0.3, -0.25) is 0 Å². The molecule has 0 spiro atoms. The lowest BCUT2D eigenvalue weighted by Crippen LogP contribution is -2.21. The van der Waals surface area contributed by atoms with Gasteiger partial charge in [-0.2, -0.15) is 0 Å². The van der Waals surface area contributed by atoms with Crippen molar-refractivity contribution in [3.05, 3.63) is 48.5 Å². The van der Waals surface area contributed by atoms with Gasteiger partial charge in [0, 0.05) is 17.9 Å². The highest BCUT2D eigenvalue weighted by molar-refractivity contribution is 7.89. The predicted octanol–water partition coefficient (Wildman–Crippen LogP) is 2.33. The van der Waals surface area contributed by atoms with Crippen molar-refractivity contribution in [3.63, 3.8) is 0 Å². The zero-order valence-corrected chi connectivity index (χ0v) is 12.9. The molecule has 0 amide bonds. The van der Waals surface area contributed by atoms with E-state index in [1.165, 1.54) is 13.1 Å². The summed E-state index contributed by atoms with van der Waals surface area (Å²) in [6.07, 6.45) is 0. The lowest BCUT2D eigenvalue weighted by Gasteiger charge is -2.24. The zero-order valence-electron chi connectivity index (χ0n) is 12.1. The smallest absolute Gasteiger partial charge is 0.242 e. The Labute approximate surface area is 125 Å². The highest BCUT2D eigenvalue weighted by Gasteiger charge is 2.17. The summed E-state index contributed by atoms with van der Waals surface area (Å²) in [7, 11) is -2.17. The molecule has 0 saturated carbocycles. The molecule has 112 valence electrons. The molecule has 0 aliphatic heterocycles. The summed E-state index contributed by atoms with van der Waals surface area (Å²) in [6.45, 7) is 2.78. The standard InChI is InChI=1S/C15H19N3O2S/c1-3-18(12-7-5-4-6-8-12)13-9-10-15(14(16)11-13)21(19,20)17-2/h4-11,17H,3,16H2,1-2H3. The van der Waals surface area contributed by atoms with Gasteiger partial charge in [0.2, 0.25) is 10.0 Å². The van der Waals surface area contributed by atoms with Crippen LogP contribution in [0.5, 0.6) is 0 Å². The second-order valence-electron chi connectivity index (χ2n) is 4.51. The molecule has 0 bridgehead atoms. The van der Waals surface area contributed by atoms with Crippen LogP contribution in [0.25, 0.3) is 0 Å². The Morgan fingerprint density at radius 3 is 2.29 bits per heavy atom. The Morgan fingerprint density at radius 2 is 1.76 bits per heavy atom. The van der Waals surface area contributed by atoms with E-state index in [0.717, 1.165) is 17.9 Å². The highest BCUT2D eigenvalue weighted by atomic mass is 32.2. The fourth-order valence-electron chi connectivity index (χ4n) is 2.18. The SMILES string of the molecule is CCN(c1ccccc1)c1ccc(S(=O)(=O)NC)c(N)c1. The van der Waals surface area contributed by atoms with Crippen LogP contribution in [0.1, 0.15) is 6.92 Å².